The van der Waals surface area contributed by atoms with E-state index in [9.17, 15) is 9.59 Å². The number of hydrogen-bond donors (Lipinski definition) is 1. The minimum absolute atomic E-state index is 0.0886. The third kappa shape index (κ3) is 5.09. The van der Waals surface area contributed by atoms with Crippen molar-refractivity contribution in [1.82, 2.24) is 29.4 Å². The van der Waals surface area contributed by atoms with Gasteiger partial charge in [-0.25, -0.2) is 19.3 Å². The number of carbonyl (C=O) groups excluding carboxylic acids is 1. The second-order valence-electron chi connectivity index (χ2n) is 9.82. The zero-order valence-corrected chi connectivity index (χ0v) is 21.9. The van der Waals surface area contributed by atoms with Crippen LogP contribution in [0.4, 0.5) is 5.82 Å². The van der Waals surface area contributed by atoms with Crippen molar-refractivity contribution >= 4 is 34.4 Å². The first-order valence-electron chi connectivity index (χ1n) is 12.4. The lowest BCUT2D eigenvalue weighted by atomic mass is 9.85. The average Bonchev–Trinajstić information content (AvgIpc) is 3.17. The molecule has 37 heavy (non-hydrogen) atoms. The molecule has 0 spiro atoms. The van der Waals surface area contributed by atoms with Gasteiger partial charge in [-0.1, -0.05) is 23.7 Å². The van der Waals surface area contributed by atoms with Gasteiger partial charge in [0.1, 0.15) is 5.82 Å². The van der Waals surface area contributed by atoms with Crippen LogP contribution in [0.25, 0.3) is 16.9 Å². The Labute approximate surface area is 220 Å². The molecule has 0 radical (unpaired) electrons. The molecule has 192 valence electrons. The third-order valence-corrected chi connectivity index (χ3v) is 7.28. The lowest BCUT2D eigenvalue weighted by molar-refractivity contribution is 0.0919. The number of imidazole rings is 1. The van der Waals surface area contributed by atoms with Gasteiger partial charge in [0.2, 0.25) is 0 Å². The molecule has 0 atom stereocenters. The molecule has 1 saturated carbocycles. The number of aryl methyl sites for hydroxylation is 1. The molecule has 4 aromatic rings. The predicted octanol–water partition coefficient (Wildman–Crippen LogP) is 3.99. The molecule has 3 aromatic heterocycles. The lowest BCUT2D eigenvalue weighted by Crippen LogP contribution is -2.39. The summed E-state index contributed by atoms with van der Waals surface area (Å²) in [7, 11) is 3.80. The number of nitrogens with zero attached hydrogens (tertiary/aromatic N) is 6. The quantitative estimate of drug-likeness (QED) is 0.413. The molecule has 0 saturated heterocycles. The molecule has 1 amide bonds. The standard InChI is InChI=1S/C27H30ClN7O2/c1-17-21(12-19(28)13-29-17)26(36)32-20-10-8-18(9-11-20)16-34-22-6-4-5-7-23(22)35(27(34)37)25-15-30-24(14-31-25)33(2)3/h4-7,12-15,18,20H,8-11,16H2,1-3H3,(H,32,36). The smallest absolute Gasteiger partial charge is 0.334 e. The Morgan fingerprint density at radius 2 is 1.78 bits per heavy atom. The first kappa shape index (κ1) is 25.0. The van der Waals surface area contributed by atoms with Gasteiger partial charge in [0.05, 0.1) is 39.7 Å². The Morgan fingerprint density at radius 3 is 2.46 bits per heavy atom. The second-order valence-corrected chi connectivity index (χ2v) is 10.3. The summed E-state index contributed by atoms with van der Waals surface area (Å²) in [6.45, 7) is 2.42. The highest BCUT2D eigenvalue weighted by atomic mass is 35.5. The van der Waals surface area contributed by atoms with Crippen LogP contribution in [0.15, 0.2) is 53.7 Å². The number of aromatic nitrogens is 5. The van der Waals surface area contributed by atoms with Crippen molar-refractivity contribution in [3.8, 4) is 5.82 Å². The summed E-state index contributed by atoms with van der Waals surface area (Å²) < 4.78 is 3.48. The van der Waals surface area contributed by atoms with E-state index in [4.69, 9.17) is 11.6 Å². The van der Waals surface area contributed by atoms with Crippen molar-refractivity contribution in [2.45, 2.75) is 45.2 Å². The molecule has 0 bridgehead atoms. The molecular weight excluding hydrogens is 490 g/mol. The van der Waals surface area contributed by atoms with E-state index in [0.717, 1.165) is 42.5 Å². The maximum atomic E-state index is 13.6. The van der Waals surface area contributed by atoms with E-state index in [1.54, 1.807) is 36.1 Å². The average molecular weight is 520 g/mol. The van der Waals surface area contributed by atoms with E-state index in [1.807, 2.05) is 47.8 Å². The van der Waals surface area contributed by atoms with Gasteiger partial charge >= 0.3 is 5.69 Å². The predicted molar refractivity (Wildman–Crippen MR) is 145 cm³/mol. The van der Waals surface area contributed by atoms with Gasteiger partial charge in [-0.3, -0.25) is 14.3 Å². The Balaban J connectivity index is 1.31. The Kier molecular flexibility index (Phi) is 6.97. The molecule has 1 aromatic carbocycles. The van der Waals surface area contributed by atoms with Crippen LogP contribution in [0.5, 0.6) is 0 Å². The number of para-hydroxylation sites is 2. The normalized spacial score (nSPS) is 17.6. The Hall–Kier alpha value is -3.72. The van der Waals surface area contributed by atoms with E-state index in [2.05, 4.69) is 20.3 Å². The molecule has 9 nitrogen and oxygen atoms in total. The summed E-state index contributed by atoms with van der Waals surface area (Å²) in [6, 6.07) is 9.53. The molecule has 1 fully saturated rings. The van der Waals surface area contributed by atoms with Crippen LogP contribution in [-0.2, 0) is 6.54 Å². The number of amides is 1. The van der Waals surface area contributed by atoms with Crippen LogP contribution in [-0.4, -0.2) is 50.1 Å². The molecule has 1 aliphatic rings. The van der Waals surface area contributed by atoms with E-state index in [-0.39, 0.29) is 17.6 Å². The van der Waals surface area contributed by atoms with Gasteiger partial charge in [0.25, 0.3) is 5.91 Å². The van der Waals surface area contributed by atoms with E-state index >= 15 is 0 Å². The zero-order chi connectivity index (χ0) is 26.1. The van der Waals surface area contributed by atoms with Crippen LogP contribution in [0.3, 0.4) is 0 Å². The number of nitrogens with one attached hydrogen (secondary N) is 1. The number of halogens is 1. The summed E-state index contributed by atoms with van der Waals surface area (Å²) in [5.41, 5.74) is 2.74. The largest absolute Gasteiger partial charge is 0.361 e. The molecular formula is C27H30ClN7O2. The van der Waals surface area contributed by atoms with E-state index in [1.165, 1.54) is 0 Å². The van der Waals surface area contributed by atoms with Gasteiger partial charge < -0.3 is 10.2 Å². The summed E-state index contributed by atoms with van der Waals surface area (Å²) in [6.07, 6.45) is 8.40. The Bertz CT molecular complexity index is 1490. The summed E-state index contributed by atoms with van der Waals surface area (Å²) in [4.78, 5) is 41.4. The van der Waals surface area contributed by atoms with Crippen molar-refractivity contribution in [2.75, 3.05) is 19.0 Å². The van der Waals surface area contributed by atoms with Crippen molar-refractivity contribution in [3.63, 3.8) is 0 Å². The highest BCUT2D eigenvalue weighted by molar-refractivity contribution is 6.30. The van der Waals surface area contributed by atoms with Crippen LogP contribution < -0.4 is 15.9 Å². The Morgan fingerprint density at radius 1 is 1.05 bits per heavy atom. The number of anilines is 1. The lowest BCUT2D eigenvalue weighted by Gasteiger charge is -2.29. The summed E-state index contributed by atoms with van der Waals surface area (Å²) in [5.74, 6) is 1.42. The monoisotopic (exact) mass is 519 g/mol. The number of rotatable bonds is 6. The zero-order valence-electron chi connectivity index (χ0n) is 21.2. The van der Waals surface area contributed by atoms with Crippen molar-refractivity contribution in [1.29, 1.82) is 0 Å². The van der Waals surface area contributed by atoms with Crippen molar-refractivity contribution < 1.29 is 4.79 Å². The fraction of sp³-hybridized carbons (Fsp3) is 0.370. The van der Waals surface area contributed by atoms with Gasteiger partial charge in [-0.05, 0) is 56.7 Å². The molecule has 5 rings (SSSR count). The minimum atomic E-state index is -0.142. The van der Waals surface area contributed by atoms with Gasteiger partial charge in [0.15, 0.2) is 5.82 Å². The second kappa shape index (κ2) is 10.3. The highest BCUT2D eigenvalue weighted by Crippen LogP contribution is 2.27. The first-order chi connectivity index (χ1) is 17.8. The number of carbonyl (C=O) groups is 1. The maximum absolute atomic E-state index is 13.6. The molecule has 0 aliphatic heterocycles. The van der Waals surface area contributed by atoms with Crippen LogP contribution in [0.1, 0.15) is 41.7 Å². The van der Waals surface area contributed by atoms with Gasteiger partial charge in [0, 0.05) is 32.9 Å². The SMILES string of the molecule is Cc1ncc(Cl)cc1C(=O)NC1CCC(Cn2c(=O)n(-c3cnc(N(C)C)cn3)c3ccccc32)CC1. The van der Waals surface area contributed by atoms with E-state index in [0.29, 0.717) is 34.6 Å². The van der Waals surface area contributed by atoms with Crippen molar-refractivity contribution in [2.24, 2.45) is 5.92 Å². The fourth-order valence-corrected chi connectivity index (χ4v) is 5.17. The highest BCUT2D eigenvalue weighted by Gasteiger charge is 2.26. The summed E-state index contributed by atoms with van der Waals surface area (Å²) in [5, 5.41) is 3.59. The number of pyridine rings is 1. The van der Waals surface area contributed by atoms with Crippen LogP contribution in [0.2, 0.25) is 5.02 Å². The molecule has 1 N–H and O–H groups in total. The number of fused-ring (bicyclic) bond motifs is 1. The van der Waals surface area contributed by atoms with Crippen LogP contribution in [0, 0.1) is 12.8 Å². The molecule has 1 aliphatic carbocycles. The topological polar surface area (TPSA) is 97.9 Å². The maximum Gasteiger partial charge on any atom is 0.334 e. The summed E-state index contributed by atoms with van der Waals surface area (Å²) >= 11 is 6.03. The molecule has 10 heteroatoms. The molecule has 0 unspecified atom stereocenters. The molecule has 3 heterocycles. The van der Waals surface area contributed by atoms with Crippen LogP contribution >= 0.6 is 11.6 Å². The van der Waals surface area contributed by atoms with Crippen molar-refractivity contribution in [3.05, 3.63) is 75.7 Å². The van der Waals surface area contributed by atoms with E-state index < -0.39 is 0 Å². The fourth-order valence-electron chi connectivity index (χ4n) is 5.02. The minimum Gasteiger partial charge on any atom is -0.361 e. The van der Waals surface area contributed by atoms with Gasteiger partial charge in [-0.15, -0.1) is 0 Å². The third-order valence-electron chi connectivity index (χ3n) is 7.07. The number of hydrogen-bond acceptors (Lipinski definition) is 6. The first-order valence-corrected chi connectivity index (χ1v) is 12.8. The number of benzene rings is 1. The van der Waals surface area contributed by atoms with Gasteiger partial charge in [-0.2, -0.15) is 0 Å².